The van der Waals surface area contributed by atoms with Crippen LogP contribution < -0.4 is 4.57 Å². The van der Waals surface area contributed by atoms with Gasteiger partial charge >= 0.3 is 5.97 Å². The van der Waals surface area contributed by atoms with Gasteiger partial charge in [0.25, 0.3) is 0 Å². The molecule has 0 radical (unpaired) electrons. The molecule has 0 saturated heterocycles. The average molecular weight is 197 g/mol. The minimum atomic E-state index is -0.818. The van der Waals surface area contributed by atoms with Crippen molar-refractivity contribution in [2.75, 3.05) is 0 Å². The number of aliphatic carboxylic acids is 1. The van der Waals surface area contributed by atoms with E-state index in [9.17, 15) is 4.79 Å². The van der Waals surface area contributed by atoms with Gasteiger partial charge in [-0.25, -0.2) is 13.9 Å². The summed E-state index contributed by atoms with van der Waals surface area (Å²) in [5.41, 5.74) is 13.5. The molecular formula is C7H11N5O2. The van der Waals surface area contributed by atoms with Crippen LogP contribution in [-0.4, -0.2) is 15.6 Å². The lowest BCUT2D eigenvalue weighted by Crippen LogP contribution is -2.25. The molecule has 14 heavy (non-hydrogen) atoms. The zero-order valence-corrected chi connectivity index (χ0v) is 7.90. The third kappa shape index (κ3) is 3.59. The fraction of sp³-hybridized carbons (Fsp3) is 0.429. The highest BCUT2D eigenvalue weighted by Gasteiger charge is 2.17. The Morgan fingerprint density at radius 3 is 2.43 bits per heavy atom. The molecule has 76 valence electrons. The number of carboxylic acids is 1. The molecule has 7 heteroatoms. The van der Waals surface area contributed by atoms with Gasteiger partial charge in [-0.3, -0.25) is 4.91 Å². The fourth-order valence-corrected chi connectivity index (χ4v) is 0.826. The number of carboxylic acid groups (broad SMARTS) is 1. The number of aryl methyl sites for hydroxylation is 1. The number of aromatic nitrogens is 2. The van der Waals surface area contributed by atoms with Crippen molar-refractivity contribution in [3.63, 3.8) is 0 Å². The van der Waals surface area contributed by atoms with E-state index in [2.05, 4.69) is 0 Å². The molecule has 0 spiro atoms. The predicted molar refractivity (Wildman–Crippen MR) is 48.0 cm³/mol. The maximum Gasteiger partial charge on any atom is 0.349 e. The topological polar surface area (TPSA) is 105 Å². The Balaban J connectivity index is 0.000000500. The molecule has 1 aromatic rings. The maximum atomic E-state index is 10.5. The Labute approximate surface area is 80.6 Å². The zero-order chi connectivity index (χ0) is 11.1. The van der Waals surface area contributed by atoms with Gasteiger partial charge in [-0.15, -0.1) is 0 Å². The number of hydrogen-bond donors (Lipinski definition) is 1. The van der Waals surface area contributed by atoms with E-state index in [1.807, 2.05) is 7.05 Å². The highest BCUT2D eigenvalue weighted by Crippen LogP contribution is 2.01. The molecule has 0 amide bonds. The monoisotopic (exact) mass is 197 g/mol. The minimum Gasteiger partial charge on any atom is -0.478 e. The molecule has 0 bridgehead atoms. The van der Waals surface area contributed by atoms with Crippen LogP contribution in [0.2, 0.25) is 0 Å². The molecule has 0 aliphatic rings. The van der Waals surface area contributed by atoms with Gasteiger partial charge in [0.05, 0.1) is 7.05 Å². The lowest BCUT2D eigenvalue weighted by molar-refractivity contribution is -0.671. The summed E-state index contributed by atoms with van der Waals surface area (Å²) < 4.78 is 3.45. The normalized spacial score (nSPS) is 10.7. The smallest absolute Gasteiger partial charge is 0.349 e. The van der Waals surface area contributed by atoms with E-state index in [0.717, 1.165) is 0 Å². The third-order valence-electron chi connectivity index (χ3n) is 1.59. The molecule has 0 aromatic carbocycles. The molecule has 1 aromatic heterocycles. The van der Waals surface area contributed by atoms with Crippen LogP contribution in [0, 0.1) is 0 Å². The Hall–Kier alpha value is -2.01. The summed E-state index contributed by atoms with van der Waals surface area (Å²) >= 11 is 0. The number of hydrogen-bond acceptors (Lipinski definition) is 1. The highest BCUT2D eigenvalue weighted by atomic mass is 16.4. The van der Waals surface area contributed by atoms with E-state index in [1.165, 1.54) is 4.91 Å². The second kappa shape index (κ2) is 5.60. The van der Waals surface area contributed by atoms with Crippen LogP contribution in [0.1, 0.15) is 13.0 Å². The Morgan fingerprint density at radius 2 is 2.14 bits per heavy atom. The molecule has 1 rings (SSSR count). The lowest BCUT2D eigenvalue weighted by Gasteiger charge is -1.98. The van der Waals surface area contributed by atoms with Gasteiger partial charge in [0, 0.05) is 0 Å². The van der Waals surface area contributed by atoms with Gasteiger partial charge in [0.15, 0.2) is 6.04 Å². The van der Waals surface area contributed by atoms with Crippen molar-refractivity contribution in [3.05, 3.63) is 34.7 Å². The predicted octanol–water partition coefficient (Wildman–Crippen LogP) is 0.824. The van der Waals surface area contributed by atoms with Crippen LogP contribution in [-0.2, 0) is 11.8 Å². The second-order valence-electron chi connectivity index (χ2n) is 2.63. The van der Waals surface area contributed by atoms with Crippen molar-refractivity contribution < 1.29 is 14.5 Å². The van der Waals surface area contributed by atoms with Gasteiger partial charge in [0.1, 0.15) is 12.4 Å². The van der Waals surface area contributed by atoms with Crippen molar-refractivity contribution in [2.24, 2.45) is 7.05 Å². The first-order chi connectivity index (χ1) is 6.52. The third-order valence-corrected chi connectivity index (χ3v) is 1.59. The average Bonchev–Trinajstić information content (AvgIpc) is 2.51. The molecule has 7 nitrogen and oxygen atoms in total. The van der Waals surface area contributed by atoms with Crippen LogP contribution in [0.25, 0.3) is 16.0 Å². The van der Waals surface area contributed by atoms with Crippen LogP contribution >= 0.6 is 0 Å². The summed E-state index contributed by atoms with van der Waals surface area (Å²) in [5.74, 6) is -0.818. The first-order valence-corrected chi connectivity index (χ1v) is 3.77. The largest absolute Gasteiger partial charge is 0.478 e. The van der Waals surface area contributed by atoms with E-state index < -0.39 is 12.0 Å². The molecular weight excluding hydrogens is 186 g/mol. The van der Waals surface area contributed by atoms with Crippen LogP contribution in [0.15, 0.2) is 18.7 Å². The summed E-state index contributed by atoms with van der Waals surface area (Å²) in [6.07, 6.45) is 5.27. The van der Waals surface area contributed by atoms with Crippen molar-refractivity contribution in [2.45, 2.75) is 13.0 Å². The van der Waals surface area contributed by atoms with Crippen molar-refractivity contribution in [1.82, 2.24) is 4.57 Å². The van der Waals surface area contributed by atoms with E-state index in [1.54, 1.807) is 34.8 Å². The van der Waals surface area contributed by atoms with Gasteiger partial charge in [-0.05, 0) is 6.92 Å². The standard InChI is InChI=1S/C7H10N2O2.N3/c1-6(7(10)11)9-4-3-8(2)5-9;1-3-2/h3-6H,1-2H3;/q;-1/p+1. The molecule has 0 saturated carbocycles. The molecule has 1 unspecified atom stereocenters. The maximum absolute atomic E-state index is 10.5. The van der Waals surface area contributed by atoms with Gasteiger partial charge in [-0.2, -0.15) is 0 Å². The SMILES string of the molecule is CC(C(=O)O)n1cc[n+](C)c1.[N-]=[N+]=[N-]. The van der Waals surface area contributed by atoms with E-state index >= 15 is 0 Å². The number of nitrogens with zero attached hydrogens (tertiary/aromatic N) is 5. The quantitative estimate of drug-likeness (QED) is 0.328. The first kappa shape index (κ1) is 12.0. The second-order valence-corrected chi connectivity index (χ2v) is 2.63. The van der Waals surface area contributed by atoms with E-state index in [0.29, 0.717) is 0 Å². The molecule has 1 atom stereocenters. The molecule has 1 N–H and O–H groups in total. The summed E-state index contributed by atoms with van der Waals surface area (Å²) in [4.78, 5) is 12.0. The number of imidazole rings is 1. The van der Waals surface area contributed by atoms with Gasteiger partial charge in [-0.1, -0.05) is 0 Å². The highest BCUT2D eigenvalue weighted by molar-refractivity contribution is 5.71. The summed E-state index contributed by atoms with van der Waals surface area (Å²) in [6.45, 7) is 1.64. The van der Waals surface area contributed by atoms with Crippen LogP contribution in [0.3, 0.4) is 0 Å². The molecule has 0 aliphatic heterocycles. The van der Waals surface area contributed by atoms with Crippen LogP contribution in [0.5, 0.6) is 0 Å². The molecule has 1 heterocycles. The van der Waals surface area contributed by atoms with E-state index in [4.69, 9.17) is 16.2 Å². The van der Waals surface area contributed by atoms with Crippen molar-refractivity contribution >= 4 is 5.97 Å². The van der Waals surface area contributed by atoms with Crippen LogP contribution in [0.4, 0.5) is 0 Å². The van der Waals surface area contributed by atoms with Gasteiger partial charge < -0.3 is 16.2 Å². The number of carbonyl (C=O) groups is 1. The first-order valence-electron chi connectivity index (χ1n) is 3.77. The lowest BCUT2D eigenvalue weighted by atomic mass is 10.3. The van der Waals surface area contributed by atoms with Crippen molar-refractivity contribution in [1.29, 1.82) is 0 Å². The minimum absolute atomic E-state index is 0.490. The summed E-state index contributed by atoms with van der Waals surface area (Å²) in [7, 11) is 1.85. The summed E-state index contributed by atoms with van der Waals surface area (Å²) in [5, 5.41) is 8.61. The Bertz CT molecular complexity index is 340. The molecule has 0 fully saturated rings. The van der Waals surface area contributed by atoms with E-state index in [-0.39, 0.29) is 0 Å². The van der Waals surface area contributed by atoms with Crippen molar-refractivity contribution in [3.8, 4) is 0 Å². The van der Waals surface area contributed by atoms with Gasteiger partial charge in [0.2, 0.25) is 6.33 Å². The Morgan fingerprint density at radius 1 is 1.64 bits per heavy atom. The Kier molecular flexibility index (Phi) is 4.80. The molecule has 0 aliphatic carbocycles. The number of rotatable bonds is 2. The summed E-state index contributed by atoms with van der Waals surface area (Å²) in [6, 6.07) is -0.490. The fourth-order valence-electron chi connectivity index (χ4n) is 0.826. The zero-order valence-electron chi connectivity index (χ0n) is 7.90.